The lowest BCUT2D eigenvalue weighted by molar-refractivity contribution is 0.0756. The zero-order chi connectivity index (χ0) is 9.80. The van der Waals surface area contributed by atoms with E-state index in [4.69, 9.17) is 0 Å². The summed E-state index contributed by atoms with van der Waals surface area (Å²) >= 11 is 1.48. The van der Waals surface area contributed by atoms with Crippen LogP contribution in [0.1, 0.15) is 36.2 Å². The molecule has 1 saturated heterocycles. The number of hydrogen-bond donors (Lipinski definition) is 0. The normalized spacial score (nSPS) is 17.9. The van der Waals surface area contributed by atoms with Gasteiger partial charge in [0.05, 0.1) is 5.51 Å². The van der Waals surface area contributed by atoms with Gasteiger partial charge in [0, 0.05) is 18.5 Å². The number of likely N-dealkylation sites (tertiary alicyclic amines) is 1. The standard InChI is InChI=1S/C10H14N2OS/c13-10(9-7-14-8-11-9)12-5-3-1-2-4-6-12/h7-8H,1-6H2. The van der Waals surface area contributed by atoms with Gasteiger partial charge < -0.3 is 4.90 Å². The maximum atomic E-state index is 11.9. The summed E-state index contributed by atoms with van der Waals surface area (Å²) in [4.78, 5) is 17.9. The van der Waals surface area contributed by atoms with E-state index < -0.39 is 0 Å². The minimum absolute atomic E-state index is 0.105. The minimum Gasteiger partial charge on any atom is -0.337 e. The van der Waals surface area contributed by atoms with Crippen molar-refractivity contribution in [2.24, 2.45) is 0 Å². The molecule has 0 radical (unpaired) electrons. The third-order valence-electron chi connectivity index (χ3n) is 2.54. The Morgan fingerprint density at radius 2 is 2.00 bits per heavy atom. The first-order chi connectivity index (χ1) is 6.88. The Kier molecular flexibility index (Phi) is 3.14. The van der Waals surface area contributed by atoms with Crippen LogP contribution in [0.3, 0.4) is 0 Å². The van der Waals surface area contributed by atoms with Gasteiger partial charge in [-0.15, -0.1) is 11.3 Å². The Bertz CT molecular complexity index is 289. The van der Waals surface area contributed by atoms with Crippen LogP contribution in [0.5, 0.6) is 0 Å². The van der Waals surface area contributed by atoms with Crippen molar-refractivity contribution in [3.05, 3.63) is 16.6 Å². The summed E-state index contributed by atoms with van der Waals surface area (Å²) in [5.41, 5.74) is 2.32. The van der Waals surface area contributed by atoms with Crippen LogP contribution in [0.4, 0.5) is 0 Å². The number of thiazole rings is 1. The molecule has 0 unspecified atom stereocenters. The van der Waals surface area contributed by atoms with Crippen molar-refractivity contribution in [3.63, 3.8) is 0 Å². The van der Waals surface area contributed by atoms with Gasteiger partial charge >= 0.3 is 0 Å². The second-order valence-corrected chi connectivity index (χ2v) is 4.30. The molecule has 0 aliphatic carbocycles. The highest BCUT2D eigenvalue weighted by atomic mass is 32.1. The molecule has 0 atom stereocenters. The number of carbonyl (C=O) groups excluding carboxylic acids is 1. The minimum atomic E-state index is 0.105. The average Bonchev–Trinajstić information content (AvgIpc) is 2.59. The van der Waals surface area contributed by atoms with E-state index in [-0.39, 0.29) is 5.91 Å². The van der Waals surface area contributed by atoms with Gasteiger partial charge in [-0.2, -0.15) is 0 Å². The molecule has 0 N–H and O–H groups in total. The molecule has 0 spiro atoms. The monoisotopic (exact) mass is 210 g/mol. The van der Waals surface area contributed by atoms with Gasteiger partial charge in [0.2, 0.25) is 0 Å². The summed E-state index contributed by atoms with van der Waals surface area (Å²) in [6, 6.07) is 0. The van der Waals surface area contributed by atoms with E-state index in [1.807, 2.05) is 10.3 Å². The highest BCUT2D eigenvalue weighted by Gasteiger charge is 2.18. The van der Waals surface area contributed by atoms with E-state index in [0.29, 0.717) is 5.69 Å². The lowest BCUT2D eigenvalue weighted by atomic mass is 10.2. The van der Waals surface area contributed by atoms with E-state index in [9.17, 15) is 4.79 Å². The molecule has 4 heteroatoms. The summed E-state index contributed by atoms with van der Waals surface area (Å²) in [5, 5.41) is 1.83. The molecule has 3 nitrogen and oxygen atoms in total. The largest absolute Gasteiger partial charge is 0.337 e. The van der Waals surface area contributed by atoms with Crippen LogP contribution in [0.2, 0.25) is 0 Å². The van der Waals surface area contributed by atoms with Crippen molar-refractivity contribution in [2.75, 3.05) is 13.1 Å². The Labute approximate surface area is 87.8 Å². The SMILES string of the molecule is O=C(c1cscn1)N1CCCCCC1. The number of rotatable bonds is 1. The molecule has 2 rings (SSSR count). The zero-order valence-corrected chi connectivity index (χ0v) is 8.92. The summed E-state index contributed by atoms with van der Waals surface area (Å²) in [6.45, 7) is 1.80. The van der Waals surface area contributed by atoms with Crippen molar-refractivity contribution >= 4 is 17.2 Å². The molecule has 0 saturated carbocycles. The van der Waals surface area contributed by atoms with Crippen LogP contribution < -0.4 is 0 Å². The Hall–Kier alpha value is -0.900. The van der Waals surface area contributed by atoms with Crippen LogP contribution >= 0.6 is 11.3 Å². The van der Waals surface area contributed by atoms with E-state index in [1.165, 1.54) is 24.2 Å². The number of hydrogen-bond acceptors (Lipinski definition) is 3. The third-order valence-corrected chi connectivity index (χ3v) is 3.13. The molecule has 14 heavy (non-hydrogen) atoms. The van der Waals surface area contributed by atoms with Crippen LogP contribution in [-0.4, -0.2) is 28.9 Å². The second-order valence-electron chi connectivity index (χ2n) is 3.58. The number of amides is 1. The fraction of sp³-hybridized carbons (Fsp3) is 0.600. The number of nitrogens with zero attached hydrogens (tertiary/aromatic N) is 2. The topological polar surface area (TPSA) is 33.2 Å². The van der Waals surface area contributed by atoms with Gasteiger partial charge in [-0.05, 0) is 12.8 Å². The van der Waals surface area contributed by atoms with Crippen LogP contribution in [0, 0.1) is 0 Å². The van der Waals surface area contributed by atoms with Gasteiger partial charge in [-0.3, -0.25) is 4.79 Å². The van der Waals surface area contributed by atoms with Gasteiger partial charge in [-0.25, -0.2) is 4.98 Å². The molecule has 1 aromatic rings. The van der Waals surface area contributed by atoms with Gasteiger partial charge in [0.25, 0.3) is 5.91 Å². The average molecular weight is 210 g/mol. The fourth-order valence-electron chi connectivity index (χ4n) is 1.75. The van der Waals surface area contributed by atoms with Crippen LogP contribution in [-0.2, 0) is 0 Å². The smallest absolute Gasteiger partial charge is 0.273 e. The van der Waals surface area contributed by atoms with Gasteiger partial charge in [0.1, 0.15) is 5.69 Å². The first-order valence-corrected chi connectivity index (χ1v) is 5.99. The zero-order valence-electron chi connectivity index (χ0n) is 8.11. The quantitative estimate of drug-likeness (QED) is 0.711. The molecule has 0 aromatic carbocycles. The summed E-state index contributed by atoms with van der Waals surface area (Å²) in [7, 11) is 0. The molecular weight excluding hydrogens is 196 g/mol. The van der Waals surface area contributed by atoms with Gasteiger partial charge in [-0.1, -0.05) is 12.8 Å². The predicted molar refractivity (Wildman–Crippen MR) is 56.5 cm³/mol. The molecule has 1 aromatic heterocycles. The molecule has 1 amide bonds. The van der Waals surface area contributed by atoms with Crippen molar-refractivity contribution in [1.82, 2.24) is 9.88 Å². The fourth-order valence-corrected chi connectivity index (χ4v) is 2.28. The van der Waals surface area contributed by atoms with E-state index in [1.54, 1.807) is 5.51 Å². The Morgan fingerprint density at radius 3 is 2.57 bits per heavy atom. The number of aromatic nitrogens is 1. The molecule has 0 bridgehead atoms. The highest BCUT2D eigenvalue weighted by molar-refractivity contribution is 7.07. The summed E-state index contributed by atoms with van der Waals surface area (Å²) in [5.74, 6) is 0.105. The third kappa shape index (κ3) is 2.12. The molecule has 2 heterocycles. The van der Waals surface area contributed by atoms with Gasteiger partial charge in [0.15, 0.2) is 0 Å². The number of carbonyl (C=O) groups is 1. The summed E-state index contributed by atoms with van der Waals surface area (Å²) in [6.07, 6.45) is 4.77. The maximum absolute atomic E-state index is 11.9. The molecular formula is C10H14N2OS. The predicted octanol–water partition coefficient (Wildman–Crippen LogP) is 2.16. The Morgan fingerprint density at radius 1 is 1.29 bits per heavy atom. The van der Waals surface area contributed by atoms with E-state index in [0.717, 1.165) is 25.9 Å². The van der Waals surface area contributed by atoms with E-state index in [2.05, 4.69) is 4.98 Å². The van der Waals surface area contributed by atoms with Crippen LogP contribution in [0.15, 0.2) is 10.9 Å². The Balaban J connectivity index is 2.03. The highest BCUT2D eigenvalue weighted by Crippen LogP contribution is 2.13. The van der Waals surface area contributed by atoms with Crippen LogP contribution in [0.25, 0.3) is 0 Å². The second kappa shape index (κ2) is 4.55. The molecule has 1 fully saturated rings. The lowest BCUT2D eigenvalue weighted by Gasteiger charge is -2.18. The molecule has 1 aliphatic rings. The summed E-state index contributed by atoms with van der Waals surface area (Å²) < 4.78 is 0. The molecule has 76 valence electrons. The van der Waals surface area contributed by atoms with Crippen molar-refractivity contribution in [3.8, 4) is 0 Å². The maximum Gasteiger partial charge on any atom is 0.273 e. The van der Waals surface area contributed by atoms with Crippen molar-refractivity contribution in [2.45, 2.75) is 25.7 Å². The first kappa shape index (κ1) is 9.65. The lowest BCUT2D eigenvalue weighted by Crippen LogP contribution is -2.31. The van der Waals surface area contributed by atoms with E-state index >= 15 is 0 Å². The first-order valence-electron chi connectivity index (χ1n) is 5.05. The van der Waals surface area contributed by atoms with Crippen molar-refractivity contribution in [1.29, 1.82) is 0 Å². The van der Waals surface area contributed by atoms with Crippen molar-refractivity contribution < 1.29 is 4.79 Å². The molecule has 1 aliphatic heterocycles.